The molecule has 2 saturated heterocycles. The molecule has 2 heterocycles. The second-order valence-electron chi connectivity index (χ2n) is 6.34. The van der Waals surface area contributed by atoms with Gasteiger partial charge in [-0.05, 0) is 19.1 Å². The van der Waals surface area contributed by atoms with E-state index in [1.807, 2.05) is 0 Å². The van der Waals surface area contributed by atoms with Gasteiger partial charge in [0.2, 0.25) is 5.91 Å². The lowest BCUT2D eigenvalue weighted by Gasteiger charge is -2.53. The third kappa shape index (κ3) is 2.84. The molecule has 1 aromatic carbocycles. The van der Waals surface area contributed by atoms with Gasteiger partial charge < -0.3 is 20.4 Å². The first-order valence-corrected chi connectivity index (χ1v) is 8.58. The van der Waals surface area contributed by atoms with Crippen LogP contribution in [-0.4, -0.2) is 62.6 Å². The van der Waals surface area contributed by atoms with Crippen molar-refractivity contribution in [2.45, 2.75) is 18.3 Å². The van der Waals surface area contributed by atoms with Crippen LogP contribution in [0.5, 0.6) is 0 Å². The van der Waals surface area contributed by atoms with E-state index in [1.54, 1.807) is 13.0 Å². The van der Waals surface area contributed by atoms with Gasteiger partial charge in [-0.1, -0.05) is 12.1 Å². The molecule has 3 N–H and O–H groups in total. The number of carbonyl (C=O) groups is 4. The van der Waals surface area contributed by atoms with E-state index in [0.717, 1.165) is 0 Å². The number of aliphatic carboxylic acids is 1. The van der Waals surface area contributed by atoms with Crippen molar-refractivity contribution >= 4 is 35.5 Å². The molecule has 0 spiro atoms. The van der Waals surface area contributed by atoms with E-state index >= 15 is 0 Å². The summed E-state index contributed by atoms with van der Waals surface area (Å²) >= 11 is 1.30. The maximum absolute atomic E-state index is 12.4. The van der Waals surface area contributed by atoms with Gasteiger partial charge in [-0.25, -0.2) is 4.79 Å². The van der Waals surface area contributed by atoms with Gasteiger partial charge in [-0.2, -0.15) is 0 Å². The van der Waals surface area contributed by atoms with E-state index in [0.29, 0.717) is 5.75 Å². The van der Waals surface area contributed by atoms with Crippen LogP contribution in [0.1, 0.15) is 27.6 Å². The van der Waals surface area contributed by atoms with Crippen molar-refractivity contribution in [3.05, 3.63) is 35.4 Å². The van der Waals surface area contributed by atoms with Gasteiger partial charge in [-0.15, -0.1) is 11.8 Å². The summed E-state index contributed by atoms with van der Waals surface area (Å²) in [4.78, 5) is 48.6. The summed E-state index contributed by atoms with van der Waals surface area (Å²) in [6, 6.07) is 4.98. The maximum Gasteiger partial charge on any atom is 0.336 e. The number of benzene rings is 1. The maximum atomic E-state index is 12.4. The van der Waals surface area contributed by atoms with Gasteiger partial charge in [0, 0.05) is 12.3 Å². The number of β-lactam (4-membered cyclic amide) rings is 1. The molecular weight excluding hydrogens is 348 g/mol. The monoisotopic (exact) mass is 364 g/mol. The molecule has 0 radical (unpaired) electrons. The Labute approximate surface area is 147 Å². The minimum Gasteiger partial charge on any atom is -0.481 e. The fraction of sp³-hybridized carbons (Fsp3) is 0.375. The highest BCUT2D eigenvalue weighted by atomic mass is 32.2. The van der Waals surface area contributed by atoms with E-state index < -0.39 is 29.3 Å². The number of thioether (sulfide) groups is 1. The smallest absolute Gasteiger partial charge is 0.336 e. The fourth-order valence-corrected chi connectivity index (χ4v) is 4.41. The summed E-state index contributed by atoms with van der Waals surface area (Å²) in [5.74, 6) is -2.85. The SMILES string of the molecule is CC1(C(=O)O)CS[C@@H]2C(NC(=O)c3ccccc3C(=O)O)C(=O)N2C1. The van der Waals surface area contributed by atoms with Gasteiger partial charge in [0.05, 0.1) is 16.5 Å². The summed E-state index contributed by atoms with van der Waals surface area (Å²) in [6.45, 7) is 1.68. The number of amides is 2. The Balaban J connectivity index is 1.72. The van der Waals surface area contributed by atoms with Crippen molar-refractivity contribution in [2.75, 3.05) is 12.3 Å². The largest absolute Gasteiger partial charge is 0.481 e. The quantitative estimate of drug-likeness (QED) is 0.664. The summed E-state index contributed by atoms with van der Waals surface area (Å²) in [5.41, 5.74) is -1.17. The number of hydrogen-bond acceptors (Lipinski definition) is 5. The first-order chi connectivity index (χ1) is 11.7. The first kappa shape index (κ1) is 17.3. The number of nitrogens with zero attached hydrogens (tertiary/aromatic N) is 1. The van der Waals surface area contributed by atoms with Crippen LogP contribution in [0.4, 0.5) is 0 Å². The molecule has 2 unspecified atom stereocenters. The normalized spacial score (nSPS) is 27.9. The lowest BCUT2D eigenvalue weighted by atomic mass is 9.89. The second-order valence-corrected chi connectivity index (χ2v) is 7.44. The predicted molar refractivity (Wildman–Crippen MR) is 88.4 cm³/mol. The predicted octanol–water partition coefficient (Wildman–Crippen LogP) is 0.489. The zero-order valence-electron chi connectivity index (χ0n) is 13.3. The van der Waals surface area contributed by atoms with Gasteiger partial charge in [-0.3, -0.25) is 14.4 Å². The molecule has 25 heavy (non-hydrogen) atoms. The molecule has 2 aliphatic rings. The van der Waals surface area contributed by atoms with Gasteiger partial charge in [0.1, 0.15) is 11.4 Å². The average molecular weight is 364 g/mol. The van der Waals surface area contributed by atoms with Crippen molar-refractivity contribution in [1.82, 2.24) is 10.2 Å². The Bertz CT molecular complexity index is 782. The Hall–Kier alpha value is -2.55. The fourth-order valence-electron chi connectivity index (χ4n) is 2.92. The van der Waals surface area contributed by atoms with Gasteiger partial charge in [0.15, 0.2) is 0 Å². The standard InChI is InChI=1S/C16H16N2O6S/c1-16(15(23)24)6-18-12(20)10(13(18)25-7-16)17-11(19)8-4-2-3-5-9(8)14(21)22/h2-5,10,13H,6-7H2,1H3,(H,17,19)(H,21,22)(H,23,24)/t10?,13-,16?/m1/s1. The van der Waals surface area contributed by atoms with Crippen molar-refractivity contribution < 1.29 is 29.4 Å². The van der Waals surface area contributed by atoms with Crippen LogP contribution in [0.25, 0.3) is 0 Å². The molecule has 3 rings (SSSR count). The molecule has 0 aliphatic carbocycles. The number of hydrogen-bond donors (Lipinski definition) is 3. The molecule has 1 aromatic rings. The highest BCUT2D eigenvalue weighted by molar-refractivity contribution is 8.00. The molecular formula is C16H16N2O6S. The van der Waals surface area contributed by atoms with E-state index in [4.69, 9.17) is 5.11 Å². The van der Waals surface area contributed by atoms with Crippen molar-refractivity contribution in [1.29, 1.82) is 0 Å². The molecule has 2 amide bonds. The Morgan fingerprint density at radius 1 is 1.24 bits per heavy atom. The number of fused-ring (bicyclic) bond motifs is 1. The van der Waals surface area contributed by atoms with Crippen molar-refractivity contribution in [3.63, 3.8) is 0 Å². The molecule has 0 bridgehead atoms. The summed E-state index contributed by atoms with van der Waals surface area (Å²) in [7, 11) is 0. The molecule has 8 nitrogen and oxygen atoms in total. The van der Waals surface area contributed by atoms with E-state index in [1.165, 1.54) is 34.9 Å². The van der Waals surface area contributed by atoms with Crippen LogP contribution in [0.15, 0.2) is 24.3 Å². The highest BCUT2D eigenvalue weighted by Crippen LogP contribution is 2.41. The van der Waals surface area contributed by atoms with Crippen molar-refractivity contribution in [2.24, 2.45) is 5.41 Å². The number of rotatable bonds is 4. The highest BCUT2D eigenvalue weighted by Gasteiger charge is 2.55. The van der Waals surface area contributed by atoms with E-state index in [-0.39, 0.29) is 29.0 Å². The minimum atomic E-state index is -1.23. The number of aromatic carboxylic acids is 1. The van der Waals surface area contributed by atoms with E-state index in [2.05, 4.69) is 5.32 Å². The van der Waals surface area contributed by atoms with Crippen LogP contribution >= 0.6 is 11.8 Å². The summed E-state index contributed by atoms with van der Waals surface area (Å²) < 4.78 is 0. The Morgan fingerprint density at radius 2 is 1.88 bits per heavy atom. The average Bonchev–Trinajstić information content (AvgIpc) is 2.59. The van der Waals surface area contributed by atoms with Crippen LogP contribution in [0.3, 0.4) is 0 Å². The lowest BCUT2D eigenvalue weighted by molar-refractivity contribution is -0.156. The van der Waals surface area contributed by atoms with Crippen molar-refractivity contribution in [3.8, 4) is 0 Å². The number of carboxylic acid groups (broad SMARTS) is 2. The zero-order valence-corrected chi connectivity index (χ0v) is 14.1. The minimum absolute atomic E-state index is 0.0163. The van der Waals surface area contributed by atoms with E-state index in [9.17, 15) is 24.3 Å². The lowest BCUT2D eigenvalue weighted by Crippen LogP contribution is -2.73. The third-order valence-corrected chi connectivity index (χ3v) is 6.11. The van der Waals surface area contributed by atoms with Crippen LogP contribution in [-0.2, 0) is 9.59 Å². The van der Waals surface area contributed by atoms with Crippen LogP contribution < -0.4 is 5.32 Å². The number of carboxylic acids is 2. The molecule has 132 valence electrons. The van der Waals surface area contributed by atoms with Crippen LogP contribution in [0, 0.1) is 5.41 Å². The molecule has 3 atom stereocenters. The topological polar surface area (TPSA) is 124 Å². The Kier molecular flexibility index (Phi) is 4.19. The molecule has 0 aromatic heterocycles. The molecule has 2 fully saturated rings. The molecule has 0 saturated carbocycles. The van der Waals surface area contributed by atoms with Gasteiger partial charge in [0.25, 0.3) is 5.91 Å². The third-order valence-electron chi connectivity index (χ3n) is 4.44. The summed E-state index contributed by atoms with van der Waals surface area (Å²) in [6.07, 6.45) is 0. The second kappa shape index (κ2) is 6.07. The molecule has 2 aliphatic heterocycles. The zero-order chi connectivity index (χ0) is 18.4. The Morgan fingerprint density at radius 3 is 2.48 bits per heavy atom. The summed E-state index contributed by atoms with van der Waals surface area (Å²) in [5, 5.41) is 20.7. The number of carbonyl (C=O) groups excluding carboxylic acids is 2. The van der Waals surface area contributed by atoms with Crippen LogP contribution in [0.2, 0.25) is 0 Å². The van der Waals surface area contributed by atoms with Gasteiger partial charge >= 0.3 is 11.9 Å². The first-order valence-electron chi connectivity index (χ1n) is 7.53. The number of nitrogens with one attached hydrogen (secondary N) is 1. The molecule has 9 heteroatoms.